The second kappa shape index (κ2) is 15.7. The Hall–Kier alpha value is -4.76. The molecule has 1 atom stereocenters. The summed E-state index contributed by atoms with van der Waals surface area (Å²) < 4.78 is 10.8. The lowest BCUT2D eigenvalue weighted by Gasteiger charge is -2.19. The fourth-order valence-corrected chi connectivity index (χ4v) is 4.19. The van der Waals surface area contributed by atoms with Gasteiger partial charge in [0.1, 0.15) is 19.3 Å². The zero-order valence-electron chi connectivity index (χ0n) is 22.8. The second-order valence-electron chi connectivity index (χ2n) is 9.45. The zero-order valence-corrected chi connectivity index (χ0v) is 22.8. The van der Waals surface area contributed by atoms with Gasteiger partial charge in [0.2, 0.25) is 11.8 Å². The predicted molar refractivity (Wildman–Crippen MR) is 157 cm³/mol. The number of amides is 3. The molecule has 4 rings (SSSR count). The Bertz CT molecular complexity index is 1410. The largest absolute Gasteiger partial charge is 0.445 e. The van der Waals surface area contributed by atoms with Crippen LogP contribution < -0.4 is 16.0 Å². The van der Waals surface area contributed by atoms with E-state index in [1.807, 2.05) is 84.9 Å². The first-order valence-corrected chi connectivity index (χ1v) is 13.6. The highest BCUT2D eigenvalue weighted by atomic mass is 16.5. The van der Waals surface area contributed by atoms with E-state index in [1.54, 1.807) is 12.3 Å². The van der Waals surface area contributed by atoms with E-state index in [2.05, 4.69) is 20.9 Å². The maximum absolute atomic E-state index is 13.3. The van der Waals surface area contributed by atoms with Crippen molar-refractivity contribution in [3.8, 4) is 0 Å². The highest BCUT2D eigenvalue weighted by molar-refractivity contribution is 6.03. The Morgan fingerprint density at radius 1 is 0.780 bits per heavy atom. The molecule has 41 heavy (non-hydrogen) atoms. The number of para-hydroxylation sites is 1. The number of rotatable bonds is 14. The average Bonchev–Trinajstić information content (AvgIpc) is 3.00. The third kappa shape index (κ3) is 9.74. The summed E-state index contributed by atoms with van der Waals surface area (Å²) in [5.41, 5.74) is 3.05. The minimum atomic E-state index is -0.845. The topological polar surface area (TPSA) is 119 Å². The SMILES string of the molecule is O=C(COCc1ccccc1)NCCCC[C@H](NC(=O)OCc1ccccc1)C(=O)Nc1cccc2cccnc12. The summed E-state index contributed by atoms with van der Waals surface area (Å²) in [7, 11) is 0. The van der Waals surface area contributed by atoms with Crippen molar-refractivity contribution in [3.05, 3.63) is 108 Å². The van der Waals surface area contributed by atoms with Crippen molar-refractivity contribution in [3.63, 3.8) is 0 Å². The quantitative estimate of drug-likeness (QED) is 0.189. The van der Waals surface area contributed by atoms with Crippen molar-refractivity contribution in [1.29, 1.82) is 0 Å². The lowest BCUT2D eigenvalue weighted by atomic mass is 10.1. The monoisotopic (exact) mass is 554 g/mol. The Labute approximate surface area is 239 Å². The number of anilines is 1. The molecule has 3 amide bonds. The Morgan fingerprint density at radius 3 is 2.24 bits per heavy atom. The van der Waals surface area contributed by atoms with Gasteiger partial charge in [-0.3, -0.25) is 14.6 Å². The molecule has 0 saturated carbocycles. The molecule has 1 aromatic heterocycles. The molecule has 0 fully saturated rings. The van der Waals surface area contributed by atoms with Crippen LogP contribution in [0.5, 0.6) is 0 Å². The van der Waals surface area contributed by atoms with E-state index in [1.165, 1.54) is 0 Å². The van der Waals surface area contributed by atoms with Gasteiger partial charge in [0, 0.05) is 18.1 Å². The molecule has 1 heterocycles. The summed E-state index contributed by atoms with van der Waals surface area (Å²) in [5, 5.41) is 9.32. The van der Waals surface area contributed by atoms with E-state index in [-0.39, 0.29) is 25.0 Å². The number of nitrogens with one attached hydrogen (secondary N) is 3. The number of unbranched alkanes of at least 4 members (excludes halogenated alkanes) is 1. The highest BCUT2D eigenvalue weighted by Gasteiger charge is 2.22. The number of hydrogen-bond donors (Lipinski definition) is 3. The van der Waals surface area contributed by atoms with Gasteiger partial charge in [-0.1, -0.05) is 78.9 Å². The Balaban J connectivity index is 1.27. The molecule has 0 radical (unpaired) electrons. The van der Waals surface area contributed by atoms with Crippen LogP contribution in [0.15, 0.2) is 97.2 Å². The van der Waals surface area contributed by atoms with E-state index >= 15 is 0 Å². The van der Waals surface area contributed by atoms with Gasteiger partial charge in [-0.2, -0.15) is 0 Å². The van der Waals surface area contributed by atoms with E-state index in [0.717, 1.165) is 16.5 Å². The van der Waals surface area contributed by atoms with Crippen LogP contribution in [0.2, 0.25) is 0 Å². The summed E-state index contributed by atoms with van der Waals surface area (Å²) in [6.45, 7) is 0.845. The summed E-state index contributed by atoms with van der Waals surface area (Å²) in [4.78, 5) is 42.3. The van der Waals surface area contributed by atoms with Crippen molar-refractivity contribution in [2.75, 3.05) is 18.5 Å². The van der Waals surface area contributed by atoms with Crippen molar-refractivity contribution in [2.45, 2.75) is 38.5 Å². The number of carbonyl (C=O) groups is 3. The minimum Gasteiger partial charge on any atom is -0.445 e. The van der Waals surface area contributed by atoms with Gasteiger partial charge < -0.3 is 25.4 Å². The maximum atomic E-state index is 13.3. The van der Waals surface area contributed by atoms with Crippen LogP contribution in [-0.4, -0.2) is 42.1 Å². The van der Waals surface area contributed by atoms with Crippen LogP contribution in [-0.2, 0) is 32.3 Å². The molecule has 0 unspecified atom stereocenters. The van der Waals surface area contributed by atoms with Gasteiger partial charge in [-0.25, -0.2) is 4.79 Å². The molecule has 0 aliphatic carbocycles. The molecule has 9 heteroatoms. The molecule has 0 saturated heterocycles. The van der Waals surface area contributed by atoms with Crippen LogP contribution in [0.25, 0.3) is 10.9 Å². The second-order valence-corrected chi connectivity index (χ2v) is 9.45. The number of fused-ring (bicyclic) bond motifs is 1. The number of alkyl carbamates (subject to hydrolysis) is 1. The zero-order chi connectivity index (χ0) is 28.7. The first kappa shape index (κ1) is 29.2. The third-order valence-corrected chi connectivity index (χ3v) is 6.30. The van der Waals surface area contributed by atoms with Crippen molar-refractivity contribution < 1.29 is 23.9 Å². The molecule has 3 N–H and O–H groups in total. The van der Waals surface area contributed by atoms with Crippen molar-refractivity contribution >= 4 is 34.5 Å². The normalized spacial score (nSPS) is 11.4. The van der Waals surface area contributed by atoms with Gasteiger partial charge in [0.05, 0.1) is 17.8 Å². The summed E-state index contributed by atoms with van der Waals surface area (Å²) in [5.74, 6) is -0.584. The highest BCUT2D eigenvalue weighted by Crippen LogP contribution is 2.21. The first-order valence-electron chi connectivity index (χ1n) is 13.6. The fourth-order valence-electron chi connectivity index (χ4n) is 4.19. The number of hydrogen-bond acceptors (Lipinski definition) is 6. The lowest BCUT2D eigenvalue weighted by molar-refractivity contribution is -0.126. The van der Waals surface area contributed by atoms with Crippen LogP contribution in [0.4, 0.5) is 10.5 Å². The van der Waals surface area contributed by atoms with Crippen molar-refractivity contribution in [1.82, 2.24) is 15.6 Å². The summed E-state index contributed by atoms with van der Waals surface area (Å²) in [6, 6.07) is 27.4. The van der Waals surface area contributed by atoms with Crippen LogP contribution in [0.3, 0.4) is 0 Å². The number of ether oxygens (including phenoxy) is 2. The summed E-state index contributed by atoms with van der Waals surface area (Å²) >= 11 is 0. The molecule has 0 aliphatic rings. The van der Waals surface area contributed by atoms with Gasteiger partial charge in [-0.15, -0.1) is 0 Å². The minimum absolute atomic E-state index is 0.0339. The van der Waals surface area contributed by atoms with Gasteiger partial charge >= 0.3 is 6.09 Å². The smallest absolute Gasteiger partial charge is 0.408 e. The molecule has 0 spiro atoms. The number of aromatic nitrogens is 1. The van der Waals surface area contributed by atoms with E-state index in [4.69, 9.17) is 9.47 Å². The van der Waals surface area contributed by atoms with Crippen LogP contribution in [0.1, 0.15) is 30.4 Å². The number of pyridine rings is 1. The maximum Gasteiger partial charge on any atom is 0.408 e. The summed E-state index contributed by atoms with van der Waals surface area (Å²) in [6.07, 6.45) is 2.52. The molecule has 9 nitrogen and oxygen atoms in total. The van der Waals surface area contributed by atoms with Gasteiger partial charge in [0.25, 0.3) is 0 Å². The van der Waals surface area contributed by atoms with Gasteiger partial charge in [0.15, 0.2) is 0 Å². The molecule has 212 valence electrons. The molecular weight excluding hydrogens is 520 g/mol. The molecule has 0 aliphatic heterocycles. The lowest BCUT2D eigenvalue weighted by Crippen LogP contribution is -2.44. The standard InChI is InChI=1S/C32H34N4O5/c37-29(23-40-21-24-11-3-1-4-12-24)33-19-8-7-17-28(36-32(39)41-22-25-13-5-2-6-14-25)31(38)35-27-18-9-15-26-16-10-20-34-30(26)27/h1-6,9-16,18,20,28H,7-8,17,19,21-23H2,(H,33,37)(H,35,38)(H,36,39)/t28-/m0/s1. The van der Waals surface area contributed by atoms with E-state index in [0.29, 0.717) is 43.6 Å². The Morgan fingerprint density at radius 2 is 1.49 bits per heavy atom. The van der Waals surface area contributed by atoms with Crippen LogP contribution >= 0.6 is 0 Å². The number of carbonyl (C=O) groups excluding carboxylic acids is 3. The van der Waals surface area contributed by atoms with E-state index in [9.17, 15) is 14.4 Å². The van der Waals surface area contributed by atoms with E-state index < -0.39 is 12.1 Å². The molecule has 0 bridgehead atoms. The Kier molecular flexibility index (Phi) is 11.2. The fraction of sp³-hybridized carbons (Fsp3) is 0.250. The molecular formula is C32H34N4O5. The van der Waals surface area contributed by atoms with Crippen molar-refractivity contribution in [2.24, 2.45) is 0 Å². The van der Waals surface area contributed by atoms with Gasteiger partial charge in [-0.05, 0) is 42.5 Å². The molecule has 4 aromatic rings. The third-order valence-electron chi connectivity index (χ3n) is 6.30. The number of nitrogens with zero attached hydrogens (tertiary/aromatic N) is 1. The first-order chi connectivity index (χ1) is 20.1. The molecule has 3 aromatic carbocycles. The van der Waals surface area contributed by atoms with Crippen LogP contribution in [0, 0.1) is 0 Å². The number of benzene rings is 3. The predicted octanol–water partition coefficient (Wildman–Crippen LogP) is 4.97. The average molecular weight is 555 g/mol.